The van der Waals surface area contributed by atoms with Gasteiger partial charge in [0.25, 0.3) is 0 Å². The minimum absolute atomic E-state index is 0.0371. The first-order valence-corrected chi connectivity index (χ1v) is 8.25. The van der Waals surface area contributed by atoms with Gasteiger partial charge in [-0.2, -0.15) is 11.8 Å². The fourth-order valence-electron chi connectivity index (χ4n) is 3.36. The van der Waals surface area contributed by atoms with Crippen LogP contribution in [-0.4, -0.2) is 42.7 Å². The van der Waals surface area contributed by atoms with Crippen LogP contribution >= 0.6 is 11.8 Å². The fourth-order valence-corrected chi connectivity index (χ4v) is 4.74. The normalized spacial score (nSPS) is 40.4. The minimum Gasteiger partial charge on any atom is -0.381 e. The lowest BCUT2D eigenvalue weighted by Crippen LogP contribution is -2.42. The standard InChI is InChI=1S/C14H22O3S/c15-13(7-11-1-4-16-9-11)12-2-5-17-14(8-12)3-6-18-10-14/h11-12H,1-10H2. The van der Waals surface area contributed by atoms with Gasteiger partial charge < -0.3 is 9.47 Å². The van der Waals surface area contributed by atoms with E-state index in [0.29, 0.717) is 11.7 Å². The highest BCUT2D eigenvalue weighted by molar-refractivity contribution is 7.99. The summed E-state index contributed by atoms with van der Waals surface area (Å²) >= 11 is 1.97. The van der Waals surface area contributed by atoms with E-state index in [0.717, 1.165) is 57.7 Å². The van der Waals surface area contributed by atoms with Crippen LogP contribution in [0.25, 0.3) is 0 Å². The third kappa shape index (κ3) is 2.75. The molecule has 0 aromatic heterocycles. The van der Waals surface area contributed by atoms with Gasteiger partial charge in [-0.05, 0) is 37.4 Å². The van der Waals surface area contributed by atoms with Gasteiger partial charge in [0, 0.05) is 37.9 Å². The number of ether oxygens (including phenoxy) is 2. The smallest absolute Gasteiger partial charge is 0.136 e. The molecule has 3 aliphatic rings. The van der Waals surface area contributed by atoms with Gasteiger partial charge >= 0.3 is 0 Å². The highest BCUT2D eigenvalue weighted by Gasteiger charge is 2.42. The Morgan fingerprint density at radius 3 is 3.00 bits per heavy atom. The molecule has 18 heavy (non-hydrogen) atoms. The maximum Gasteiger partial charge on any atom is 0.136 e. The van der Waals surface area contributed by atoms with Crippen LogP contribution in [0, 0.1) is 11.8 Å². The predicted molar refractivity (Wildman–Crippen MR) is 71.9 cm³/mol. The SMILES string of the molecule is O=C(CC1CCOC1)C1CCOC2(CCSC2)C1. The lowest BCUT2D eigenvalue weighted by molar-refractivity contribution is -0.134. The average molecular weight is 270 g/mol. The van der Waals surface area contributed by atoms with Crippen molar-refractivity contribution in [2.24, 2.45) is 11.8 Å². The number of thioether (sulfide) groups is 1. The first-order chi connectivity index (χ1) is 8.77. The lowest BCUT2D eigenvalue weighted by atomic mass is 9.81. The first-order valence-electron chi connectivity index (χ1n) is 7.10. The molecule has 3 heterocycles. The van der Waals surface area contributed by atoms with Crippen LogP contribution in [0.5, 0.6) is 0 Å². The van der Waals surface area contributed by atoms with E-state index in [4.69, 9.17) is 9.47 Å². The van der Waals surface area contributed by atoms with Crippen molar-refractivity contribution >= 4 is 17.5 Å². The summed E-state index contributed by atoms with van der Waals surface area (Å²) in [4.78, 5) is 12.4. The molecule has 3 fully saturated rings. The van der Waals surface area contributed by atoms with Crippen molar-refractivity contribution in [1.29, 1.82) is 0 Å². The van der Waals surface area contributed by atoms with E-state index in [1.54, 1.807) is 0 Å². The summed E-state index contributed by atoms with van der Waals surface area (Å²) < 4.78 is 11.3. The topological polar surface area (TPSA) is 35.5 Å². The van der Waals surface area contributed by atoms with E-state index in [9.17, 15) is 4.79 Å². The van der Waals surface area contributed by atoms with Crippen molar-refractivity contribution in [3.8, 4) is 0 Å². The Hall–Kier alpha value is -0.0600. The summed E-state index contributed by atoms with van der Waals surface area (Å²) in [6.07, 6.45) is 4.82. The molecule has 0 aromatic rings. The Morgan fingerprint density at radius 1 is 1.33 bits per heavy atom. The van der Waals surface area contributed by atoms with Crippen LogP contribution in [0.2, 0.25) is 0 Å². The molecule has 3 rings (SSSR count). The quantitative estimate of drug-likeness (QED) is 0.788. The molecular formula is C14H22O3S. The Labute approximate surface area is 113 Å². The molecule has 3 unspecified atom stereocenters. The molecule has 0 N–H and O–H groups in total. The third-order valence-electron chi connectivity index (χ3n) is 4.53. The summed E-state index contributed by atoms with van der Waals surface area (Å²) in [7, 11) is 0. The molecule has 3 nitrogen and oxygen atoms in total. The molecule has 102 valence electrons. The van der Waals surface area contributed by atoms with Crippen molar-refractivity contribution in [3.05, 3.63) is 0 Å². The molecule has 0 aromatic carbocycles. The zero-order valence-corrected chi connectivity index (χ0v) is 11.7. The van der Waals surface area contributed by atoms with Crippen LogP contribution in [0.4, 0.5) is 0 Å². The Balaban J connectivity index is 1.56. The molecule has 0 radical (unpaired) electrons. The van der Waals surface area contributed by atoms with E-state index < -0.39 is 0 Å². The number of hydrogen-bond acceptors (Lipinski definition) is 4. The van der Waals surface area contributed by atoms with Crippen molar-refractivity contribution < 1.29 is 14.3 Å². The Kier molecular flexibility index (Phi) is 3.97. The Morgan fingerprint density at radius 2 is 2.28 bits per heavy atom. The van der Waals surface area contributed by atoms with Gasteiger partial charge in [0.1, 0.15) is 5.78 Å². The van der Waals surface area contributed by atoms with E-state index >= 15 is 0 Å². The van der Waals surface area contributed by atoms with Gasteiger partial charge in [0.15, 0.2) is 0 Å². The van der Waals surface area contributed by atoms with Gasteiger partial charge in [-0.1, -0.05) is 0 Å². The van der Waals surface area contributed by atoms with Crippen LogP contribution in [-0.2, 0) is 14.3 Å². The van der Waals surface area contributed by atoms with E-state index in [2.05, 4.69) is 0 Å². The summed E-state index contributed by atoms with van der Waals surface area (Å²) in [6, 6.07) is 0. The number of Topliss-reactive ketones (excluding diaryl/α,β-unsaturated/α-hetero) is 1. The van der Waals surface area contributed by atoms with E-state index in [-0.39, 0.29) is 11.5 Å². The average Bonchev–Trinajstić information content (AvgIpc) is 3.02. The molecule has 3 aliphatic heterocycles. The number of carbonyl (C=O) groups is 1. The largest absolute Gasteiger partial charge is 0.381 e. The summed E-state index contributed by atoms with van der Waals surface area (Å²) in [5.74, 6) is 3.47. The second-order valence-corrected chi connectivity index (χ2v) is 7.03. The molecule has 0 saturated carbocycles. The van der Waals surface area contributed by atoms with Crippen molar-refractivity contribution in [2.45, 2.75) is 37.7 Å². The molecule has 3 atom stereocenters. The molecule has 0 aliphatic carbocycles. The maximum atomic E-state index is 12.4. The number of carbonyl (C=O) groups excluding carboxylic acids is 1. The van der Waals surface area contributed by atoms with Gasteiger partial charge in [-0.15, -0.1) is 0 Å². The van der Waals surface area contributed by atoms with Gasteiger partial charge in [0.05, 0.1) is 5.60 Å². The molecule has 0 amide bonds. The summed E-state index contributed by atoms with van der Waals surface area (Å²) in [6.45, 7) is 2.40. The molecule has 0 bridgehead atoms. The van der Waals surface area contributed by atoms with Crippen LogP contribution in [0.3, 0.4) is 0 Å². The predicted octanol–water partition coefficient (Wildman–Crippen LogP) is 2.28. The summed E-state index contributed by atoms with van der Waals surface area (Å²) in [5, 5.41) is 0. The first kappa shape index (κ1) is 12.9. The highest BCUT2D eigenvalue weighted by Crippen LogP contribution is 2.41. The number of hydrogen-bond donors (Lipinski definition) is 0. The Bertz CT molecular complexity index is 306. The van der Waals surface area contributed by atoms with Gasteiger partial charge in [0.2, 0.25) is 0 Å². The van der Waals surface area contributed by atoms with Crippen LogP contribution in [0.15, 0.2) is 0 Å². The van der Waals surface area contributed by atoms with Crippen LogP contribution < -0.4 is 0 Å². The second kappa shape index (κ2) is 5.51. The third-order valence-corrected chi connectivity index (χ3v) is 5.75. The van der Waals surface area contributed by atoms with Crippen molar-refractivity contribution in [1.82, 2.24) is 0 Å². The van der Waals surface area contributed by atoms with Crippen LogP contribution in [0.1, 0.15) is 32.1 Å². The van der Waals surface area contributed by atoms with E-state index in [1.165, 1.54) is 5.75 Å². The molecule has 4 heteroatoms. The van der Waals surface area contributed by atoms with Gasteiger partial charge in [-0.3, -0.25) is 4.79 Å². The van der Waals surface area contributed by atoms with E-state index in [1.807, 2.05) is 11.8 Å². The molecule has 1 spiro atoms. The lowest BCUT2D eigenvalue weighted by Gasteiger charge is -2.37. The van der Waals surface area contributed by atoms with Crippen molar-refractivity contribution in [2.75, 3.05) is 31.3 Å². The minimum atomic E-state index is 0.0371. The molecular weight excluding hydrogens is 248 g/mol. The number of ketones is 1. The molecule has 3 saturated heterocycles. The van der Waals surface area contributed by atoms with Crippen molar-refractivity contribution in [3.63, 3.8) is 0 Å². The zero-order chi connectivity index (χ0) is 12.4. The maximum absolute atomic E-state index is 12.4. The zero-order valence-electron chi connectivity index (χ0n) is 10.9. The van der Waals surface area contributed by atoms with Gasteiger partial charge in [-0.25, -0.2) is 0 Å². The fraction of sp³-hybridized carbons (Fsp3) is 0.929. The highest BCUT2D eigenvalue weighted by atomic mass is 32.2. The monoisotopic (exact) mass is 270 g/mol. The summed E-state index contributed by atoms with van der Waals surface area (Å²) in [5.41, 5.74) is 0.0371. The number of rotatable bonds is 3. The second-order valence-electron chi connectivity index (χ2n) is 5.92.